The normalized spacial score (nSPS) is 18.4. The van der Waals surface area contributed by atoms with Gasteiger partial charge in [-0.3, -0.25) is 0 Å². The van der Waals surface area contributed by atoms with E-state index in [-0.39, 0.29) is 0 Å². The summed E-state index contributed by atoms with van der Waals surface area (Å²) in [5.41, 5.74) is 3.12. The van der Waals surface area contributed by atoms with Gasteiger partial charge in [0.2, 0.25) is 0 Å². The summed E-state index contributed by atoms with van der Waals surface area (Å²) in [5, 5.41) is 3.74. The maximum absolute atomic E-state index is 3.74. The van der Waals surface area contributed by atoms with Crippen LogP contribution in [0.1, 0.15) is 52.6 Å². The number of hydrogen-bond acceptors (Lipinski definition) is 2. The summed E-state index contributed by atoms with van der Waals surface area (Å²) in [7, 11) is 0. The molecule has 0 spiro atoms. The van der Waals surface area contributed by atoms with Crippen molar-refractivity contribution in [1.82, 2.24) is 5.32 Å². The Balaban J connectivity index is 1.71. The molecule has 0 saturated carbocycles. The molecular formula is C18H23NS. The Morgan fingerprint density at radius 2 is 2.10 bits per heavy atom. The molecule has 0 aliphatic heterocycles. The number of thiophene rings is 1. The lowest BCUT2D eigenvalue weighted by Crippen LogP contribution is -2.27. The Morgan fingerprint density at radius 1 is 1.25 bits per heavy atom. The number of hydrogen-bond donors (Lipinski definition) is 1. The fraction of sp³-hybridized carbons (Fsp3) is 0.444. The van der Waals surface area contributed by atoms with Crippen LogP contribution in [-0.4, -0.2) is 6.54 Å². The minimum Gasteiger partial charge on any atom is -0.309 e. The molecule has 0 amide bonds. The first-order valence-electron chi connectivity index (χ1n) is 7.65. The van der Waals surface area contributed by atoms with E-state index < -0.39 is 0 Å². The molecule has 1 N–H and O–H groups in total. The van der Waals surface area contributed by atoms with E-state index in [9.17, 15) is 0 Å². The summed E-state index contributed by atoms with van der Waals surface area (Å²) in [5.74, 6) is 0.739. The lowest BCUT2D eigenvalue weighted by molar-refractivity contribution is 0.433. The van der Waals surface area contributed by atoms with Crippen molar-refractivity contribution in [1.29, 1.82) is 0 Å². The third-order valence-corrected chi connectivity index (χ3v) is 5.34. The van der Waals surface area contributed by atoms with E-state index in [1.807, 2.05) is 11.3 Å². The van der Waals surface area contributed by atoms with Crippen molar-refractivity contribution in [2.45, 2.75) is 45.1 Å². The van der Waals surface area contributed by atoms with Gasteiger partial charge in [-0.25, -0.2) is 0 Å². The first-order chi connectivity index (χ1) is 9.78. The van der Waals surface area contributed by atoms with Gasteiger partial charge in [0.1, 0.15) is 0 Å². The van der Waals surface area contributed by atoms with Crippen LogP contribution in [0, 0.1) is 6.92 Å². The number of fused-ring (bicyclic) bond motifs is 1. The molecule has 0 saturated heterocycles. The lowest BCUT2D eigenvalue weighted by Gasteiger charge is -2.33. The van der Waals surface area contributed by atoms with E-state index in [1.54, 1.807) is 11.1 Å². The summed E-state index contributed by atoms with van der Waals surface area (Å²) in [6.45, 7) is 5.54. The Bertz CT molecular complexity index is 572. The fourth-order valence-corrected chi connectivity index (χ4v) is 4.08. The van der Waals surface area contributed by atoms with Gasteiger partial charge in [-0.2, -0.15) is 0 Å². The Kier molecular flexibility index (Phi) is 4.23. The van der Waals surface area contributed by atoms with Crippen LogP contribution in [0.2, 0.25) is 0 Å². The van der Waals surface area contributed by atoms with Crippen LogP contribution >= 0.6 is 11.3 Å². The van der Waals surface area contributed by atoms with Crippen molar-refractivity contribution in [3.63, 3.8) is 0 Å². The van der Waals surface area contributed by atoms with E-state index in [1.165, 1.54) is 29.0 Å². The van der Waals surface area contributed by atoms with Gasteiger partial charge < -0.3 is 5.32 Å². The molecule has 1 aromatic carbocycles. The number of benzene rings is 1. The molecule has 2 unspecified atom stereocenters. The highest BCUT2D eigenvalue weighted by Gasteiger charge is 2.28. The molecule has 3 rings (SSSR count). The van der Waals surface area contributed by atoms with Gasteiger partial charge in [0.15, 0.2) is 0 Å². The van der Waals surface area contributed by atoms with Crippen molar-refractivity contribution in [2.75, 3.05) is 6.54 Å². The molecule has 2 aromatic rings. The van der Waals surface area contributed by atoms with Crippen molar-refractivity contribution in [3.05, 3.63) is 57.3 Å². The van der Waals surface area contributed by atoms with Crippen LogP contribution in [0.15, 0.2) is 36.4 Å². The molecule has 1 aliphatic rings. The molecule has 1 aromatic heterocycles. The number of rotatable bonds is 6. The van der Waals surface area contributed by atoms with E-state index in [0.29, 0.717) is 6.04 Å². The van der Waals surface area contributed by atoms with Gasteiger partial charge >= 0.3 is 0 Å². The standard InChI is InChI=1S/C18H23NS/c1-3-10-19-17(18-9-8-13(2)20-18)12-15-11-14-6-4-5-7-16(14)15/h4-9,15,17,19H,3,10-12H2,1-2H3. The Hall–Kier alpha value is -1.12. The molecule has 106 valence electrons. The van der Waals surface area contributed by atoms with E-state index in [4.69, 9.17) is 0 Å². The highest BCUT2D eigenvalue weighted by Crippen LogP contribution is 2.41. The second kappa shape index (κ2) is 6.11. The molecule has 20 heavy (non-hydrogen) atoms. The largest absolute Gasteiger partial charge is 0.309 e. The molecular weight excluding hydrogens is 262 g/mol. The van der Waals surface area contributed by atoms with E-state index >= 15 is 0 Å². The molecule has 0 bridgehead atoms. The van der Waals surface area contributed by atoms with Crippen LogP contribution in [0.5, 0.6) is 0 Å². The molecule has 1 aliphatic carbocycles. The van der Waals surface area contributed by atoms with Crippen molar-refractivity contribution in [3.8, 4) is 0 Å². The van der Waals surface area contributed by atoms with Crippen LogP contribution in [-0.2, 0) is 6.42 Å². The van der Waals surface area contributed by atoms with Gasteiger partial charge in [-0.05, 0) is 61.9 Å². The molecule has 1 nitrogen and oxygen atoms in total. The average molecular weight is 285 g/mol. The number of nitrogens with one attached hydrogen (secondary N) is 1. The topological polar surface area (TPSA) is 12.0 Å². The van der Waals surface area contributed by atoms with E-state index in [2.05, 4.69) is 55.6 Å². The van der Waals surface area contributed by atoms with Gasteiger partial charge in [0, 0.05) is 15.8 Å². The predicted molar refractivity (Wildman–Crippen MR) is 87.6 cm³/mol. The van der Waals surface area contributed by atoms with Crippen molar-refractivity contribution < 1.29 is 0 Å². The van der Waals surface area contributed by atoms with Gasteiger partial charge in [0.25, 0.3) is 0 Å². The molecule has 0 radical (unpaired) electrons. The molecule has 1 heterocycles. The highest BCUT2D eigenvalue weighted by atomic mass is 32.1. The molecule has 2 atom stereocenters. The summed E-state index contributed by atoms with van der Waals surface area (Å²) in [6.07, 6.45) is 3.68. The Morgan fingerprint density at radius 3 is 2.80 bits per heavy atom. The van der Waals surface area contributed by atoms with Crippen LogP contribution in [0.3, 0.4) is 0 Å². The van der Waals surface area contributed by atoms with Gasteiger partial charge in [-0.15, -0.1) is 11.3 Å². The minimum absolute atomic E-state index is 0.520. The SMILES string of the molecule is CCCNC(CC1Cc2ccccc21)c1ccc(C)s1. The fourth-order valence-electron chi connectivity index (χ4n) is 3.12. The monoisotopic (exact) mass is 285 g/mol. The molecule has 0 fully saturated rings. The quantitative estimate of drug-likeness (QED) is 0.802. The van der Waals surface area contributed by atoms with Gasteiger partial charge in [0.05, 0.1) is 0 Å². The number of aryl methyl sites for hydroxylation is 1. The summed E-state index contributed by atoms with van der Waals surface area (Å²) in [6, 6.07) is 14.0. The summed E-state index contributed by atoms with van der Waals surface area (Å²) < 4.78 is 0. The smallest absolute Gasteiger partial charge is 0.0420 e. The highest BCUT2D eigenvalue weighted by molar-refractivity contribution is 7.12. The van der Waals surface area contributed by atoms with Crippen molar-refractivity contribution >= 4 is 11.3 Å². The maximum Gasteiger partial charge on any atom is 0.0420 e. The van der Waals surface area contributed by atoms with Crippen LogP contribution in [0.4, 0.5) is 0 Å². The maximum atomic E-state index is 3.74. The second-order valence-corrected chi connectivity index (χ2v) is 7.11. The van der Waals surface area contributed by atoms with Crippen LogP contribution < -0.4 is 5.32 Å². The zero-order valence-corrected chi connectivity index (χ0v) is 13.2. The van der Waals surface area contributed by atoms with E-state index in [0.717, 1.165) is 12.5 Å². The Labute approximate surface area is 126 Å². The van der Waals surface area contributed by atoms with Crippen LogP contribution in [0.25, 0.3) is 0 Å². The first-order valence-corrected chi connectivity index (χ1v) is 8.47. The zero-order valence-electron chi connectivity index (χ0n) is 12.4. The third-order valence-electron chi connectivity index (χ3n) is 4.23. The minimum atomic E-state index is 0.520. The predicted octanol–water partition coefficient (Wildman–Crippen LogP) is 4.83. The zero-order chi connectivity index (χ0) is 13.9. The lowest BCUT2D eigenvalue weighted by atomic mass is 9.74. The van der Waals surface area contributed by atoms with Gasteiger partial charge in [-0.1, -0.05) is 31.2 Å². The summed E-state index contributed by atoms with van der Waals surface area (Å²) in [4.78, 5) is 2.91. The average Bonchev–Trinajstić information content (AvgIpc) is 2.86. The third kappa shape index (κ3) is 2.82. The first kappa shape index (κ1) is 13.8. The summed E-state index contributed by atoms with van der Waals surface area (Å²) >= 11 is 1.94. The molecule has 2 heteroatoms. The second-order valence-electron chi connectivity index (χ2n) is 5.79. The van der Waals surface area contributed by atoms with Crippen molar-refractivity contribution in [2.24, 2.45) is 0 Å².